The lowest BCUT2D eigenvalue weighted by Crippen LogP contribution is -2.41. The fraction of sp³-hybridized carbons (Fsp3) is 0.500. The Labute approximate surface area is 214 Å². The van der Waals surface area contributed by atoms with Gasteiger partial charge in [-0.2, -0.15) is 0 Å². The molecule has 2 aromatic carbocycles. The lowest BCUT2D eigenvalue weighted by atomic mass is 9.89. The molecule has 0 bridgehead atoms. The molecule has 2 N–H and O–H groups in total. The van der Waals surface area contributed by atoms with Gasteiger partial charge in [0.2, 0.25) is 0 Å². The number of hydrogen-bond donors (Lipinski definition) is 2. The predicted octanol–water partition coefficient (Wildman–Crippen LogP) is 5.75. The zero-order chi connectivity index (χ0) is 24.6. The Morgan fingerprint density at radius 2 is 1.80 bits per heavy atom. The zero-order valence-corrected chi connectivity index (χ0v) is 21.4. The first-order valence-corrected chi connectivity index (χ1v) is 13.3. The molecule has 35 heavy (non-hydrogen) atoms. The van der Waals surface area contributed by atoms with E-state index in [1.54, 1.807) is 24.3 Å². The van der Waals surface area contributed by atoms with Gasteiger partial charge in [-0.1, -0.05) is 43.0 Å². The maximum Gasteiger partial charge on any atom is 0.321 e. The first-order valence-electron chi connectivity index (χ1n) is 12.9. The third-order valence-electron chi connectivity index (χ3n) is 7.37. The van der Waals surface area contributed by atoms with E-state index in [1.807, 2.05) is 23.1 Å². The van der Waals surface area contributed by atoms with Crippen molar-refractivity contribution in [2.24, 2.45) is 0 Å². The van der Waals surface area contributed by atoms with Crippen LogP contribution in [0.1, 0.15) is 66.8 Å². The Hall–Kier alpha value is -2.57. The number of carbonyl (C=O) groups excluding carboxylic acids is 2. The van der Waals surface area contributed by atoms with Gasteiger partial charge in [0.1, 0.15) is 0 Å². The van der Waals surface area contributed by atoms with Crippen LogP contribution in [0.4, 0.5) is 10.5 Å². The Bertz CT molecular complexity index is 991. The van der Waals surface area contributed by atoms with Crippen LogP contribution in [-0.4, -0.2) is 61.0 Å². The van der Waals surface area contributed by atoms with E-state index in [2.05, 4.69) is 28.6 Å². The molecule has 188 valence electrons. The molecule has 0 radical (unpaired) electrons. The van der Waals surface area contributed by atoms with Gasteiger partial charge in [-0.25, -0.2) is 4.79 Å². The first kappa shape index (κ1) is 25.5. The van der Waals surface area contributed by atoms with Gasteiger partial charge in [0.15, 0.2) is 0 Å². The molecule has 2 fully saturated rings. The number of hydrogen-bond acceptors (Lipinski definition) is 3. The lowest BCUT2D eigenvalue weighted by molar-refractivity contribution is 0.0944. The van der Waals surface area contributed by atoms with Gasteiger partial charge in [-0.15, -0.1) is 0 Å². The van der Waals surface area contributed by atoms with Crippen molar-refractivity contribution >= 4 is 29.2 Å². The van der Waals surface area contributed by atoms with Crippen LogP contribution in [-0.2, 0) is 0 Å². The van der Waals surface area contributed by atoms with Crippen LogP contribution in [0, 0.1) is 0 Å². The van der Waals surface area contributed by atoms with Crippen LogP contribution in [0.15, 0.2) is 48.5 Å². The molecule has 6 nitrogen and oxygen atoms in total. The van der Waals surface area contributed by atoms with Gasteiger partial charge in [-0.05, 0) is 74.7 Å². The average Bonchev–Trinajstić information content (AvgIpc) is 2.90. The summed E-state index contributed by atoms with van der Waals surface area (Å²) in [6, 6.07) is 15.6. The Morgan fingerprint density at radius 1 is 1.03 bits per heavy atom. The second-order valence-corrected chi connectivity index (χ2v) is 10.3. The maximum absolute atomic E-state index is 12.8. The van der Waals surface area contributed by atoms with E-state index >= 15 is 0 Å². The topological polar surface area (TPSA) is 64.7 Å². The number of piperidine rings is 1. The minimum absolute atomic E-state index is 0.0305. The fourth-order valence-electron chi connectivity index (χ4n) is 5.26. The molecule has 0 aromatic heterocycles. The summed E-state index contributed by atoms with van der Waals surface area (Å²) in [5.41, 5.74) is 2.53. The number of halogens is 1. The maximum atomic E-state index is 12.8. The average molecular weight is 497 g/mol. The van der Waals surface area contributed by atoms with Crippen molar-refractivity contribution in [1.82, 2.24) is 15.1 Å². The molecule has 1 heterocycles. The molecule has 4 rings (SSSR count). The van der Waals surface area contributed by atoms with E-state index in [0.29, 0.717) is 29.7 Å². The van der Waals surface area contributed by atoms with Crippen molar-refractivity contribution in [1.29, 1.82) is 0 Å². The summed E-state index contributed by atoms with van der Waals surface area (Å²) in [5, 5.41) is 6.69. The normalized spacial score (nSPS) is 18.9. The van der Waals surface area contributed by atoms with Crippen molar-refractivity contribution in [3.05, 3.63) is 64.7 Å². The smallest absolute Gasteiger partial charge is 0.321 e. The number of nitrogens with one attached hydrogen (secondary N) is 2. The quantitative estimate of drug-likeness (QED) is 0.513. The van der Waals surface area contributed by atoms with Gasteiger partial charge in [-0.3, -0.25) is 4.79 Å². The van der Waals surface area contributed by atoms with E-state index in [1.165, 1.54) is 32.1 Å². The molecule has 3 amide bonds. The number of anilines is 1. The van der Waals surface area contributed by atoms with Crippen molar-refractivity contribution in [2.75, 3.05) is 38.5 Å². The standard InChI is InChI=1S/C28H37ClN4O2/c1-32(26-10-3-2-4-11-26)18-16-30-27(34)22-8-5-7-21(19-22)23-9-6-17-33(20-23)28(35)31-25-14-12-24(29)13-15-25/h5,7-8,12-15,19,23,26H,2-4,6,9-11,16-18,20H2,1H3,(H,30,34)(H,31,35). The van der Waals surface area contributed by atoms with Gasteiger partial charge in [0.05, 0.1) is 0 Å². The highest BCUT2D eigenvalue weighted by Gasteiger charge is 2.25. The highest BCUT2D eigenvalue weighted by Crippen LogP contribution is 2.28. The number of urea groups is 1. The van der Waals surface area contributed by atoms with Gasteiger partial charge >= 0.3 is 6.03 Å². The van der Waals surface area contributed by atoms with Crippen LogP contribution >= 0.6 is 11.6 Å². The minimum Gasteiger partial charge on any atom is -0.351 e. The minimum atomic E-state index is -0.104. The van der Waals surface area contributed by atoms with Crippen LogP contribution < -0.4 is 10.6 Å². The molecule has 1 saturated carbocycles. The number of carbonyl (C=O) groups is 2. The Morgan fingerprint density at radius 3 is 2.57 bits per heavy atom. The third kappa shape index (κ3) is 7.21. The second kappa shape index (κ2) is 12.4. The summed E-state index contributed by atoms with van der Waals surface area (Å²) >= 11 is 5.94. The molecular formula is C28H37ClN4O2. The molecule has 2 aromatic rings. The Balaban J connectivity index is 1.29. The van der Waals surface area contributed by atoms with E-state index in [4.69, 9.17) is 11.6 Å². The zero-order valence-electron chi connectivity index (χ0n) is 20.6. The largest absolute Gasteiger partial charge is 0.351 e. The molecule has 1 aliphatic heterocycles. The molecular weight excluding hydrogens is 460 g/mol. The van der Waals surface area contributed by atoms with E-state index in [-0.39, 0.29) is 17.9 Å². The molecule has 1 unspecified atom stereocenters. The van der Waals surface area contributed by atoms with Crippen molar-refractivity contribution < 1.29 is 9.59 Å². The lowest BCUT2D eigenvalue weighted by Gasteiger charge is -2.33. The molecule has 0 spiro atoms. The number of likely N-dealkylation sites (tertiary alicyclic amines) is 1. The van der Waals surface area contributed by atoms with Crippen LogP contribution in [0.25, 0.3) is 0 Å². The molecule has 1 aliphatic carbocycles. The monoisotopic (exact) mass is 496 g/mol. The van der Waals surface area contributed by atoms with Crippen LogP contribution in [0.2, 0.25) is 5.02 Å². The summed E-state index contributed by atoms with van der Waals surface area (Å²) in [7, 11) is 2.17. The van der Waals surface area contributed by atoms with Crippen LogP contribution in [0.3, 0.4) is 0 Å². The Kier molecular flexibility index (Phi) is 9.05. The number of likely N-dealkylation sites (N-methyl/N-ethyl adjacent to an activating group) is 1. The summed E-state index contributed by atoms with van der Waals surface area (Å²) in [5.74, 6) is 0.182. The summed E-state index contributed by atoms with van der Waals surface area (Å²) in [6.07, 6.45) is 8.45. The van der Waals surface area contributed by atoms with Crippen molar-refractivity contribution in [3.8, 4) is 0 Å². The summed E-state index contributed by atoms with van der Waals surface area (Å²) in [6.45, 7) is 2.88. The van der Waals surface area contributed by atoms with E-state index < -0.39 is 0 Å². The van der Waals surface area contributed by atoms with E-state index in [0.717, 1.165) is 37.2 Å². The van der Waals surface area contributed by atoms with Gasteiger partial charge in [0.25, 0.3) is 5.91 Å². The number of nitrogens with zero attached hydrogens (tertiary/aromatic N) is 2. The van der Waals surface area contributed by atoms with Crippen LogP contribution in [0.5, 0.6) is 0 Å². The number of amides is 3. The summed E-state index contributed by atoms with van der Waals surface area (Å²) < 4.78 is 0. The SMILES string of the molecule is CN(CCNC(=O)c1cccc(C2CCCN(C(=O)Nc3ccc(Cl)cc3)C2)c1)C1CCCCC1. The van der Waals surface area contributed by atoms with Crippen molar-refractivity contribution in [2.45, 2.75) is 56.9 Å². The predicted molar refractivity (Wildman–Crippen MR) is 142 cm³/mol. The van der Waals surface area contributed by atoms with Gasteiger partial charge < -0.3 is 20.4 Å². The second-order valence-electron chi connectivity index (χ2n) is 9.88. The summed E-state index contributed by atoms with van der Waals surface area (Å²) in [4.78, 5) is 29.9. The first-order chi connectivity index (χ1) is 17.0. The number of rotatable bonds is 7. The van der Waals surface area contributed by atoms with Crippen molar-refractivity contribution in [3.63, 3.8) is 0 Å². The highest BCUT2D eigenvalue weighted by atomic mass is 35.5. The molecule has 7 heteroatoms. The van der Waals surface area contributed by atoms with Gasteiger partial charge in [0, 0.05) is 54.4 Å². The van der Waals surface area contributed by atoms with E-state index in [9.17, 15) is 9.59 Å². The number of benzene rings is 2. The molecule has 1 saturated heterocycles. The molecule has 2 aliphatic rings. The highest BCUT2D eigenvalue weighted by molar-refractivity contribution is 6.30. The third-order valence-corrected chi connectivity index (χ3v) is 7.62. The fourth-order valence-corrected chi connectivity index (χ4v) is 5.38. The molecule has 1 atom stereocenters.